The molecule has 9 nitrogen and oxygen atoms in total. The molecule has 0 fully saturated rings. The molecule has 0 bridgehead atoms. The van der Waals surface area contributed by atoms with E-state index in [-0.39, 0.29) is 33.2 Å². The summed E-state index contributed by atoms with van der Waals surface area (Å²) in [5.41, 5.74) is 2.21. The molecular formula is C27H23ClN3O6S-. The van der Waals surface area contributed by atoms with Crippen LogP contribution in [-0.2, 0) is 14.8 Å². The van der Waals surface area contributed by atoms with Gasteiger partial charge in [-0.15, -0.1) is 0 Å². The first-order chi connectivity index (χ1) is 17.9. The van der Waals surface area contributed by atoms with E-state index in [4.69, 9.17) is 16.3 Å². The molecule has 0 unspecified atom stereocenters. The van der Waals surface area contributed by atoms with E-state index >= 15 is 0 Å². The highest BCUT2D eigenvalue weighted by Gasteiger charge is 2.19. The van der Waals surface area contributed by atoms with Crippen molar-refractivity contribution in [2.75, 3.05) is 11.9 Å². The summed E-state index contributed by atoms with van der Waals surface area (Å²) in [6.45, 7) is 4.40. The topological polar surface area (TPSA) is 149 Å². The van der Waals surface area contributed by atoms with E-state index in [2.05, 4.69) is 9.71 Å². The first kappa shape index (κ1) is 28.4. The lowest BCUT2D eigenvalue weighted by Gasteiger charge is -2.13. The number of amides is 1. The van der Waals surface area contributed by atoms with Crippen LogP contribution in [-0.4, -0.2) is 32.6 Å². The SMILES string of the molecule is CC/C([O-])=N/S(=O)(=O)c1ccc(NC(=O)COc2ccc(Cl)cc2C(=O)c2cc(C)cc(C#N)c2)c(C)c1. The van der Waals surface area contributed by atoms with Crippen LogP contribution in [0.2, 0.25) is 5.02 Å². The number of rotatable bonds is 9. The second kappa shape index (κ2) is 11.9. The van der Waals surface area contributed by atoms with Gasteiger partial charge in [-0.25, -0.2) is 0 Å². The highest BCUT2D eigenvalue weighted by Crippen LogP contribution is 2.27. The van der Waals surface area contributed by atoms with Crippen LogP contribution < -0.4 is 15.2 Å². The van der Waals surface area contributed by atoms with E-state index in [1.54, 1.807) is 26.0 Å². The van der Waals surface area contributed by atoms with Crippen molar-refractivity contribution in [2.45, 2.75) is 32.1 Å². The van der Waals surface area contributed by atoms with Crippen LogP contribution in [0.5, 0.6) is 5.75 Å². The zero-order chi connectivity index (χ0) is 28.0. The molecule has 11 heteroatoms. The van der Waals surface area contributed by atoms with Gasteiger partial charge >= 0.3 is 0 Å². The molecule has 1 N–H and O–H groups in total. The number of carbonyl (C=O) groups excluding carboxylic acids is 2. The van der Waals surface area contributed by atoms with Gasteiger partial charge in [-0.05, 0) is 91.9 Å². The van der Waals surface area contributed by atoms with Gasteiger partial charge in [-0.3, -0.25) is 9.59 Å². The van der Waals surface area contributed by atoms with Gasteiger partial charge in [0, 0.05) is 16.3 Å². The molecule has 0 saturated carbocycles. The zero-order valence-electron chi connectivity index (χ0n) is 20.7. The summed E-state index contributed by atoms with van der Waals surface area (Å²) in [5, 5.41) is 23.6. The molecule has 0 aliphatic carbocycles. The minimum absolute atomic E-state index is 0.0425. The number of hydrogen-bond donors (Lipinski definition) is 1. The second-order valence-corrected chi connectivity index (χ2v) is 10.3. The maximum atomic E-state index is 13.2. The first-order valence-corrected chi connectivity index (χ1v) is 13.2. The van der Waals surface area contributed by atoms with E-state index in [0.29, 0.717) is 16.8 Å². The fourth-order valence-electron chi connectivity index (χ4n) is 3.46. The van der Waals surface area contributed by atoms with Gasteiger partial charge in [0.1, 0.15) is 5.75 Å². The average molecular weight is 553 g/mol. The van der Waals surface area contributed by atoms with Gasteiger partial charge in [0.05, 0.1) is 22.1 Å². The molecule has 3 aromatic carbocycles. The zero-order valence-corrected chi connectivity index (χ0v) is 22.3. The number of hydrogen-bond acceptors (Lipinski definition) is 7. The molecule has 0 saturated heterocycles. The molecule has 0 aliphatic rings. The van der Waals surface area contributed by atoms with E-state index < -0.39 is 34.2 Å². The van der Waals surface area contributed by atoms with Gasteiger partial charge in [-0.2, -0.15) is 18.1 Å². The van der Waals surface area contributed by atoms with Crippen molar-refractivity contribution in [3.63, 3.8) is 0 Å². The van der Waals surface area contributed by atoms with Crippen molar-refractivity contribution >= 4 is 44.9 Å². The Bertz CT molecular complexity index is 1590. The number of halogens is 1. The van der Waals surface area contributed by atoms with E-state index in [0.717, 1.165) is 5.56 Å². The molecule has 3 aromatic rings. The summed E-state index contributed by atoms with van der Waals surface area (Å²) in [4.78, 5) is 25.6. The van der Waals surface area contributed by atoms with Gasteiger partial charge < -0.3 is 15.2 Å². The molecule has 0 aromatic heterocycles. The fraction of sp³-hybridized carbons (Fsp3) is 0.185. The predicted octanol–water partition coefficient (Wildman–Crippen LogP) is 3.93. The summed E-state index contributed by atoms with van der Waals surface area (Å²) in [5.74, 6) is -1.63. The van der Waals surface area contributed by atoms with Gasteiger partial charge in [0.2, 0.25) is 0 Å². The van der Waals surface area contributed by atoms with Crippen LogP contribution in [0.25, 0.3) is 0 Å². The lowest BCUT2D eigenvalue weighted by molar-refractivity contribution is -0.217. The molecule has 0 aliphatic heterocycles. The number of nitriles is 1. The summed E-state index contributed by atoms with van der Waals surface area (Å²) in [6, 6.07) is 15.1. The molecule has 0 heterocycles. The molecule has 0 spiro atoms. The maximum Gasteiger partial charge on any atom is 0.281 e. The number of aryl methyl sites for hydroxylation is 2. The number of sulfonamides is 1. The van der Waals surface area contributed by atoms with Crippen LogP contribution >= 0.6 is 11.6 Å². The predicted molar refractivity (Wildman–Crippen MR) is 141 cm³/mol. The molecule has 1 amide bonds. The van der Waals surface area contributed by atoms with Gasteiger partial charge in [0.25, 0.3) is 15.9 Å². The third kappa shape index (κ3) is 6.97. The molecule has 38 heavy (non-hydrogen) atoms. The number of ether oxygens (including phenoxy) is 1. The fourth-order valence-corrected chi connectivity index (χ4v) is 4.70. The van der Waals surface area contributed by atoms with Crippen LogP contribution in [0.1, 0.15) is 46.0 Å². The lowest BCUT2D eigenvalue weighted by Crippen LogP contribution is -2.21. The van der Waals surface area contributed by atoms with Crippen LogP contribution in [0, 0.1) is 25.2 Å². The lowest BCUT2D eigenvalue weighted by atomic mass is 9.98. The first-order valence-electron chi connectivity index (χ1n) is 11.3. The quantitative estimate of drug-likeness (QED) is 0.240. The second-order valence-electron chi connectivity index (χ2n) is 8.30. The Balaban J connectivity index is 1.76. The van der Waals surface area contributed by atoms with Gasteiger partial charge in [-0.1, -0.05) is 18.5 Å². The van der Waals surface area contributed by atoms with Crippen molar-refractivity contribution in [1.82, 2.24) is 0 Å². The summed E-state index contributed by atoms with van der Waals surface area (Å²) in [7, 11) is -4.15. The monoisotopic (exact) mass is 552 g/mol. The number of nitrogens with zero attached hydrogens (tertiary/aromatic N) is 2. The molecular weight excluding hydrogens is 530 g/mol. The van der Waals surface area contributed by atoms with Crippen molar-refractivity contribution in [3.05, 3.63) is 87.4 Å². The highest BCUT2D eigenvalue weighted by atomic mass is 35.5. The van der Waals surface area contributed by atoms with Crippen molar-refractivity contribution in [2.24, 2.45) is 4.40 Å². The third-order valence-corrected chi connectivity index (χ3v) is 6.84. The Kier molecular flexibility index (Phi) is 8.88. The summed E-state index contributed by atoms with van der Waals surface area (Å²) >= 11 is 6.10. The van der Waals surface area contributed by atoms with Crippen molar-refractivity contribution in [3.8, 4) is 11.8 Å². The van der Waals surface area contributed by atoms with E-state index in [9.17, 15) is 28.4 Å². The molecule has 196 valence electrons. The molecule has 3 rings (SSSR count). The largest absolute Gasteiger partial charge is 0.861 e. The molecule has 0 atom stereocenters. The average Bonchev–Trinajstić information content (AvgIpc) is 2.87. The number of benzene rings is 3. The van der Waals surface area contributed by atoms with Crippen LogP contribution in [0.4, 0.5) is 5.69 Å². The highest BCUT2D eigenvalue weighted by molar-refractivity contribution is 7.90. The standard InChI is InChI=1S/C27H24ClN3O6S/c1-4-25(32)31-38(35,36)21-6-7-23(17(3)11-21)30-26(33)15-37-24-8-5-20(28)13-22(24)27(34)19-10-16(2)9-18(12-19)14-29/h5-13H,4,15H2,1-3H3,(H,30,33)(H,31,32)/p-1. The minimum atomic E-state index is -4.15. The maximum absolute atomic E-state index is 13.2. The summed E-state index contributed by atoms with van der Waals surface area (Å²) < 4.78 is 33.4. The Hall–Kier alpha value is -4.20. The number of carbonyl (C=O) groups is 2. The Labute approximate surface area is 225 Å². The van der Waals surface area contributed by atoms with E-state index in [1.165, 1.54) is 49.4 Å². The van der Waals surface area contributed by atoms with E-state index in [1.807, 2.05) is 6.07 Å². The number of nitrogens with one attached hydrogen (secondary N) is 1. The third-order valence-electron chi connectivity index (χ3n) is 5.31. The van der Waals surface area contributed by atoms with Crippen molar-refractivity contribution in [1.29, 1.82) is 5.26 Å². The van der Waals surface area contributed by atoms with Crippen LogP contribution in [0.15, 0.2) is 63.9 Å². The number of anilines is 1. The molecule has 0 radical (unpaired) electrons. The minimum Gasteiger partial charge on any atom is -0.861 e. The Morgan fingerprint density at radius 3 is 2.50 bits per heavy atom. The smallest absolute Gasteiger partial charge is 0.281 e. The normalized spacial score (nSPS) is 11.5. The summed E-state index contributed by atoms with van der Waals surface area (Å²) in [6.07, 6.45) is -0.0425. The Morgan fingerprint density at radius 1 is 1.11 bits per heavy atom. The number of ketones is 1. The Morgan fingerprint density at radius 2 is 1.84 bits per heavy atom. The van der Waals surface area contributed by atoms with Crippen LogP contribution in [0.3, 0.4) is 0 Å². The van der Waals surface area contributed by atoms with Crippen molar-refractivity contribution < 1.29 is 27.9 Å². The van der Waals surface area contributed by atoms with Gasteiger partial charge in [0.15, 0.2) is 12.4 Å².